The van der Waals surface area contributed by atoms with Crippen LogP contribution >= 0.6 is 11.6 Å². The molecule has 4 rings (SSSR count). The number of benzene rings is 2. The van der Waals surface area contributed by atoms with E-state index in [4.69, 9.17) is 16.3 Å². The molecule has 2 aromatic carbocycles. The SMILES string of the molecule is CC(=O)O[C@@H]1CN(Cc2ccccc2)C[C@@H]1N1CCN(S(=O)(=O)c2cc(C)c(Cl)cc2C)CC1. The van der Waals surface area contributed by atoms with Crippen LogP contribution in [0.2, 0.25) is 5.02 Å². The molecule has 2 saturated heterocycles. The third kappa shape index (κ3) is 5.47. The van der Waals surface area contributed by atoms with E-state index in [0.29, 0.717) is 48.2 Å². The van der Waals surface area contributed by atoms with Crippen molar-refractivity contribution in [3.05, 3.63) is 64.2 Å². The van der Waals surface area contributed by atoms with E-state index in [2.05, 4.69) is 21.9 Å². The molecule has 184 valence electrons. The summed E-state index contributed by atoms with van der Waals surface area (Å²) < 4.78 is 33.9. The minimum Gasteiger partial charge on any atom is -0.459 e. The van der Waals surface area contributed by atoms with Crippen LogP contribution in [-0.4, -0.2) is 79.9 Å². The zero-order valence-corrected chi connectivity index (χ0v) is 21.5. The van der Waals surface area contributed by atoms with Gasteiger partial charge in [0.2, 0.25) is 10.0 Å². The number of ether oxygens (including phenoxy) is 1. The van der Waals surface area contributed by atoms with E-state index >= 15 is 0 Å². The lowest BCUT2D eigenvalue weighted by Crippen LogP contribution is -2.55. The minimum atomic E-state index is -3.61. The highest BCUT2D eigenvalue weighted by Crippen LogP contribution is 2.28. The number of rotatable bonds is 6. The third-order valence-electron chi connectivity index (χ3n) is 6.70. The van der Waals surface area contributed by atoms with Gasteiger partial charge in [0.15, 0.2) is 0 Å². The Morgan fingerprint density at radius 3 is 2.35 bits per heavy atom. The van der Waals surface area contributed by atoms with Crippen molar-refractivity contribution in [2.24, 2.45) is 0 Å². The fourth-order valence-electron chi connectivity index (χ4n) is 4.93. The summed E-state index contributed by atoms with van der Waals surface area (Å²) in [6.45, 7) is 9.23. The van der Waals surface area contributed by atoms with Crippen molar-refractivity contribution in [1.82, 2.24) is 14.1 Å². The Hall–Kier alpha value is -1.97. The molecule has 2 aliphatic rings. The van der Waals surface area contributed by atoms with Crippen LogP contribution in [-0.2, 0) is 26.1 Å². The first-order chi connectivity index (χ1) is 16.1. The molecule has 0 radical (unpaired) electrons. The van der Waals surface area contributed by atoms with Crippen molar-refractivity contribution in [1.29, 1.82) is 0 Å². The standard InChI is InChI=1S/C25H32ClN3O4S/c1-18-14-25(19(2)13-22(18)26)34(31,32)29-11-9-28(10-12-29)23-16-27(17-24(23)33-20(3)30)15-21-7-5-4-6-8-21/h4-8,13-14,23-24H,9-12,15-17H2,1-3H3/t23-,24+/m0/s1. The summed E-state index contributed by atoms with van der Waals surface area (Å²) in [5, 5.41) is 0.569. The van der Waals surface area contributed by atoms with Crippen molar-refractivity contribution in [3.63, 3.8) is 0 Å². The first-order valence-electron chi connectivity index (χ1n) is 11.6. The molecule has 2 aromatic rings. The normalized spacial score (nSPS) is 22.7. The van der Waals surface area contributed by atoms with Crippen LogP contribution in [0, 0.1) is 13.8 Å². The lowest BCUT2D eigenvalue weighted by Gasteiger charge is -2.39. The highest BCUT2D eigenvalue weighted by Gasteiger charge is 2.41. The van der Waals surface area contributed by atoms with E-state index in [1.54, 1.807) is 23.4 Å². The van der Waals surface area contributed by atoms with Gasteiger partial charge in [0.25, 0.3) is 0 Å². The number of nitrogens with zero attached hydrogens (tertiary/aromatic N) is 3. The van der Waals surface area contributed by atoms with E-state index < -0.39 is 10.0 Å². The predicted molar refractivity (Wildman–Crippen MR) is 132 cm³/mol. The summed E-state index contributed by atoms with van der Waals surface area (Å²) in [6, 6.07) is 13.6. The monoisotopic (exact) mass is 505 g/mol. The molecule has 34 heavy (non-hydrogen) atoms. The largest absolute Gasteiger partial charge is 0.459 e. The Labute approximate surface area is 207 Å². The average molecular weight is 506 g/mol. The molecule has 0 unspecified atom stereocenters. The Balaban J connectivity index is 1.44. The molecule has 0 N–H and O–H groups in total. The molecule has 0 saturated carbocycles. The fourth-order valence-corrected chi connectivity index (χ4v) is 6.86. The van der Waals surface area contributed by atoms with Crippen molar-refractivity contribution < 1.29 is 17.9 Å². The molecule has 2 heterocycles. The van der Waals surface area contributed by atoms with Crippen molar-refractivity contribution in [2.45, 2.75) is 44.4 Å². The zero-order valence-electron chi connectivity index (χ0n) is 19.9. The van der Waals surface area contributed by atoms with Gasteiger partial charge in [-0.05, 0) is 42.7 Å². The van der Waals surface area contributed by atoms with Gasteiger partial charge in [-0.1, -0.05) is 41.9 Å². The number of likely N-dealkylation sites (tertiary alicyclic amines) is 1. The van der Waals surface area contributed by atoms with E-state index in [9.17, 15) is 13.2 Å². The predicted octanol–water partition coefficient (Wildman–Crippen LogP) is 3.08. The quantitative estimate of drug-likeness (QED) is 0.562. The third-order valence-corrected chi connectivity index (χ3v) is 9.14. The van der Waals surface area contributed by atoms with Gasteiger partial charge in [-0.2, -0.15) is 4.31 Å². The van der Waals surface area contributed by atoms with E-state index in [-0.39, 0.29) is 18.1 Å². The van der Waals surface area contributed by atoms with Crippen LogP contribution in [0.25, 0.3) is 0 Å². The molecular weight excluding hydrogens is 474 g/mol. The highest BCUT2D eigenvalue weighted by atomic mass is 35.5. The summed E-state index contributed by atoms with van der Waals surface area (Å²) in [4.78, 5) is 16.6. The fraction of sp³-hybridized carbons (Fsp3) is 0.480. The lowest BCUT2D eigenvalue weighted by atomic mass is 10.1. The van der Waals surface area contributed by atoms with E-state index in [1.165, 1.54) is 12.5 Å². The van der Waals surface area contributed by atoms with Crippen LogP contribution in [0.1, 0.15) is 23.6 Å². The van der Waals surface area contributed by atoms with Crippen LogP contribution in [0.15, 0.2) is 47.4 Å². The molecule has 0 amide bonds. The first-order valence-corrected chi connectivity index (χ1v) is 13.4. The van der Waals surface area contributed by atoms with Crippen molar-refractivity contribution in [3.8, 4) is 0 Å². The second-order valence-electron chi connectivity index (χ2n) is 9.20. The molecule has 2 fully saturated rings. The zero-order chi connectivity index (χ0) is 24.5. The molecule has 2 aliphatic heterocycles. The molecule has 0 spiro atoms. The maximum absolute atomic E-state index is 13.4. The molecule has 9 heteroatoms. The van der Waals surface area contributed by atoms with E-state index in [0.717, 1.165) is 18.7 Å². The average Bonchev–Trinajstić information content (AvgIpc) is 3.18. The summed E-state index contributed by atoms with van der Waals surface area (Å²) in [6.07, 6.45) is -0.231. The highest BCUT2D eigenvalue weighted by molar-refractivity contribution is 7.89. The van der Waals surface area contributed by atoms with Gasteiger partial charge in [0.05, 0.1) is 10.9 Å². The number of hydrogen-bond acceptors (Lipinski definition) is 6. The summed E-state index contributed by atoms with van der Waals surface area (Å²) >= 11 is 6.17. The molecule has 7 nitrogen and oxygen atoms in total. The summed E-state index contributed by atoms with van der Waals surface area (Å²) in [5.74, 6) is -0.286. The second kappa shape index (κ2) is 10.3. The maximum Gasteiger partial charge on any atom is 0.303 e. The van der Waals surface area contributed by atoms with Gasteiger partial charge in [-0.15, -0.1) is 0 Å². The summed E-state index contributed by atoms with van der Waals surface area (Å²) in [7, 11) is -3.61. The molecule has 0 aliphatic carbocycles. The van der Waals surface area contributed by atoms with Crippen molar-refractivity contribution >= 4 is 27.6 Å². The van der Waals surface area contributed by atoms with Crippen LogP contribution < -0.4 is 0 Å². The Bertz CT molecular complexity index is 1130. The van der Waals surface area contributed by atoms with Gasteiger partial charge >= 0.3 is 5.97 Å². The Morgan fingerprint density at radius 1 is 1.03 bits per heavy atom. The van der Waals surface area contributed by atoms with Crippen LogP contribution in [0.3, 0.4) is 0 Å². The van der Waals surface area contributed by atoms with Gasteiger partial charge in [0.1, 0.15) is 6.10 Å². The first kappa shape index (κ1) is 25.1. The lowest BCUT2D eigenvalue weighted by molar-refractivity contribution is -0.148. The minimum absolute atomic E-state index is 0.0389. The number of hydrogen-bond donors (Lipinski definition) is 0. The maximum atomic E-state index is 13.4. The number of piperazine rings is 1. The van der Waals surface area contributed by atoms with Gasteiger partial charge in [-0.3, -0.25) is 14.6 Å². The van der Waals surface area contributed by atoms with Crippen molar-refractivity contribution in [2.75, 3.05) is 39.3 Å². The Kier molecular flexibility index (Phi) is 7.64. The van der Waals surface area contributed by atoms with Gasteiger partial charge in [0, 0.05) is 57.8 Å². The number of sulfonamides is 1. The van der Waals surface area contributed by atoms with Crippen LogP contribution in [0.5, 0.6) is 0 Å². The van der Waals surface area contributed by atoms with Gasteiger partial charge < -0.3 is 4.74 Å². The molecular formula is C25H32ClN3O4S. The topological polar surface area (TPSA) is 70.2 Å². The number of halogens is 1. The van der Waals surface area contributed by atoms with Gasteiger partial charge in [-0.25, -0.2) is 8.42 Å². The molecule has 2 atom stereocenters. The number of carbonyl (C=O) groups is 1. The number of carbonyl (C=O) groups excluding carboxylic acids is 1. The second-order valence-corrected chi connectivity index (χ2v) is 11.5. The smallest absolute Gasteiger partial charge is 0.303 e. The summed E-state index contributed by atoms with van der Waals surface area (Å²) in [5.41, 5.74) is 2.62. The molecule has 0 bridgehead atoms. The van der Waals surface area contributed by atoms with E-state index in [1.807, 2.05) is 25.1 Å². The number of aryl methyl sites for hydroxylation is 2. The van der Waals surface area contributed by atoms with Crippen LogP contribution in [0.4, 0.5) is 0 Å². The Morgan fingerprint density at radius 2 is 1.71 bits per heavy atom. The number of esters is 1. The molecule has 0 aromatic heterocycles.